The van der Waals surface area contributed by atoms with Crippen molar-refractivity contribution in [2.75, 3.05) is 19.6 Å². The monoisotopic (exact) mass is 353 g/mol. The minimum absolute atomic E-state index is 0.0437. The van der Waals surface area contributed by atoms with Crippen molar-refractivity contribution in [2.24, 2.45) is 11.7 Å². The Labute approximate surface area is 144 Å². The van der Waals surface area contributed by atoms with Gasteiger partial charge in [-0.25, -0.2) is 8.42 Å². The fourth-order valence-corrected chi connectivity index (χ4v) is 4.17. The molecule has 3 N–H and O–H groups in total. The van der Waals surface area contributed by atoms with Crippen molar-refractivity contribution in [1.29, 1.82) is 0 Å². The van der Waals surface area contributed by atoms with Gasteiger partial charge in [-0.1, -0.05) is 17.7 Å². The first-order valence-corrected chi connectivity index (χ1v) is 9.69. The number of nitrogens with zero attached hydrogens (tertiary/aromatic N) is 1. The van der Waals surface area contributed by atoms with Gasteiger partial charge < -0.3 is 11.1 Å². The van der Waals surface area contributed by atoms with E-state index >= 15 is 0 Å². The number of nitrogens with one attached hydrogen (secondary N) is 1. The van der Waals surface area contributed by atoms with E-state index in [-0.39, 0.29) is 11.8 Å². The number of sulfonamides is 1. The van der Waals surface area contributed by atoms with Gasteiger partial charge in [-0.05, 0) is 45.7 Å². The van der Waals surface area contributed by atoms with Gasteiger partial charge in [0.2, 0.25) is 15.9 Å². The summed E-state index contributed by atoms with van der Waals surface area (Å²) >= 11 is 0. The third-order valence-corrected chi connectivity index (χ3v) is 6.37. The van der Waals surface area contributed by atoms with Crippen LogP contribution in [0, 0.1) is 12.8 Å². The van der Waals surface area contributed by atoms with Gasteiger partial charge in [-0.15, -0.1) is 0 Å². The van der Waals surface area contributed by atoms with E-state index in [0.717, 1.165) is 5.56 Å². The van der Waals surface area contributed by atoms with Crippen LogP contribution in [0.15, 0.2) is 29.2 Å². The molecule has 1 aliphatic rings. The molecule has 1 heterocycles. The zero-order valence-electron chi connectivity index (χ0n) is 14.6. The van der Waals surface area contributed by atoms with Crippen LogP contribution in [0.4, 0.5) is 0 Å². The number of nitrogens with two attached hydrogens (primary N) is 1. The molecule has 0 bridgehead atoms. The Morgan fingerprint density at radius 2 is 1.79 bits per heavy atom. The van der Waals surface area contributed by atoms with Gasteiger partial charge in [0.05, 0.1) is 4.90 Å². The largest absolute Gasteiger partial charge is 0.350 e. The van der Waals surface area contributed by atoms with Crippen LogP contribution in [-0.2, 0) is 14.8 Å². The van der Waals surface area contributed by atoms with Crippen LogP contribution in [0.3, 0.4) is 0 Å². The van der Waals surface area contributed by atoms with Crippen molar-refractivity contribution < 1.29 is 13.2 Å². The van der Waals surface area contributed by atoms with Gasteiger partial charge in [0, 0.05) is 31.1 Å². The molecule has 0 saturated carbocycles. The Hall–Kier alpha value is -1.44. The Morgan fingerprint density at radius 3 is 2.29 bits per heavy atom. The normalized spacial score (nSPS) is 17.7. The summed E-state index contributed by atoms with van der Waals surface area (Å²) in [5.41, 5.74) is 6.21. The zero-order chi connectivity index (χ0) is 18.0. The smallest absolute Gasteiger partial charge is 0.243 e. The van der Waals surface area contributed by atoms with E-state index in [2.05, 4.69) is 5.32 Å². The lowest BCUT2D eigenvalue weighted by molar-refractivity contribution is -0.127. The maximum atomic E-state index is 12.7. The Balaban J connectivity index is 1.99. The second-order valence-corrected chi connectivity index (χ2v) is 9.01. The molecule has 0 spiro atoms. The van der Waals surface area contributed by atoms with Gasteiger partial charge in [0.25, 0.3) is 0 Å². The quantitative estimate of drug-likeness (QED) is 0.833. The summed E-state index contributed by atoms with van der Waals surface area (Å²) in [5, 5.41) is 2.94. The van der Waals surface area contributed by atoms with Gasteiger partial charge >= 0.3 is 0 Å². The number of piperidine rings is 1. The van der Waals surface area contributed by atoms with E-state index in [1.54, 1.807) is 24.3 Å². The molecular formula is C17H27N3O3S. The molecule has 7 heteroatoms. The average Bonchev–Trinajstić information content (AvgIpc) is 2.55. The minimum Gasteiger partial charge on any atom is -0.350 e. The Morgan fingerprint density at radius 1 is 1.25 bits per heavy atom. The van der Waals surface area contributed by atoms with E-state index < -0.39 is 15.6 Å². The summed E-state index contributed by atoms with van der Waals surface area (Å²) in [5.74, 6) is -0.210. The van der Waals surface area contributed by atoms with Crippen molar-refractivity contribution in [3.05, 3.63) is 29.8 Å². The van der Waals surface area contributed by atoms with Crippen molar-refractivity contribution in [1.82, 2.24) is 9.62 Å². The number of carbonyl (C=O) groups excluding carboxylic acids is 1. The molecule has 134 valence electrons. The number of aryl methyl sites for hydroxylation is 1. The first-order valence-electron chi connectivity index (χ1n) is 8.24. The molecule has 0 radical (unpaired) electrons. The summed E-state index contributed by atoms with van der Waals surface area (Å²) in [7, 11) is -3.49. The number of hydrogen-bond acceptors (Lipinski definition) is 4. The topological polar surface area (TPSA) is 92.5 Å². The molecule has 1 aromatic carbocycles. The van der Waals surface area contributed by atoms with Crippen LogP contribution in [0.5, 0.6) is 0 Å². The number of hydrogen-bond donors (Lipinski definition) is 2. The second-order valence-electron chi connectivity index (χ2n) is 7.07. The average molecular weight is 353 g/mol. The van der Waals surface area contributed by atoms with Gasteiger partial charge in [-0.2, -0.15) is 4.31 Å². The third-order valence-electron chi connectivity index (χ3n) is 4.46. The first kappa shape index (κ1) is 18.9. The lowest BCUT2D eigenvalue weighted by Gasteiger charge is -2.33. The van der Waals surface area contributed by atoms with Crippen molar-refractivity contribution in [2.45, 2.75) is 44.0 Å². The highest BCUT2D eigenvalue weighted by molar-refractivity contribution is 7.89. The molecule has 2 rings (SSSR count). The predicted molar refractivity (Wildman–Crippen MR) is 93.9 cm³/mol. The van der Waals surface area contributed by atoms with E-state index in [4.69, 9.17) is 5.73 Å². The highest BCUT2D eigenvalue weighted by Gasteiger charge is 2.33. The molecule has 1 aromatic rings. The highest BCUT2D eigenvalue weighted by Crippen LogP contribution is 2.24. The molecule has 1 saturated heterocycles. The number of amides is 1. The van der Waals surface area contributed by atoms with Crippen LogP contribution < -0.4 is 11.1 Å². The lowest BCUT2D eigenvalue weighted by Crippen LogP contribution is -2.52. The van der Waals surface area contributed by atoms with Crippen molar-refractivity contribution in [3.63, 3.8) is 0 Å². The standard InChI is InChI=1S/C17H27N3O3S/c1-13-4-6-15(7-5-13)24(22,23)20-10-8-14(9-11-20)16(21)19-17(2,3)12-18/h4-7,14H,8-12,18H2,1-3H3,(H,19,21). The molecule has 0 aromatic heterocycles. The van der Waals surface area contributed by atoms with Crippen LogP contribution in [0.1, 0.15) is 32.3 Å². The van der Waals surface area contributed by atoms with E-state index in [9.17, 15) is 13.2 Å². The van der Waals surface area contributed by atoms with Gasteiger partial charge in [0.15, 0.2) is 0 Å². The fraction of sp³-hybridized carbons (Fsp3) is 0.588. The summed E-state index contributed by atoms with van der Waals surface area (Å²) in [6.45, 7) is 6.75. The van der Waals surface area contributed by atoms with E-state index in [1.807, 2.05) is 20.8 Å². The molecule has 24 heavy (non-hydrogen) atoms. The zero-order valence-corrected chi connectivity index (χ0v) is 15.4. The molecule has 0 unspecified atom stereocenters. The second kappa shape index (κ2) is 7.21. The van der Waals surface area contributed by atoms with E-state index in [0.29, 0.717) is 37.4 Å². The molecule has 1 aliphatic heterocycles. The minimum atomic E-state index is -3.49. The number of benzene rings is 1. The van der Waals surface area contributed by atoms with Gasteiger partial charge in [0.1, 0.15) is 0 Å². The van der Waals surface area contributed by atoms with Gasteiger partial charge in [-0.3, -0.25) is 4.79 Å². The van der Waals surface area contributed by atoms with Crippen LogP contribution in [-0.4, -0.2) is 43.8 Å². The Kier molecular flexibility index (Phi) is 5.67. The number of rotatable bonds is 5. The molecule has 1 fully saturated rings. The van der Waals surface area contributed by atoms with Crippen LogP contribution >= 0.6 is 0 Å². The lowest BCUT2D eigenvalue weighted by atomic mass is 9.95. The summed E-state index contributed by atoms with van der Waals surface area (Å²) in [6.07, 6.45) is 1.05. The molecule has 0 aliphatic carbocycles. The maximum absolute atomic E-state index is 12.7. The molecular weight excluding hydrogens is 326 g/mol. The number of carbonyl (C=O) groups is 1. The molecule has 0 atom stereocenters. The Bertz CT molecular complexity index is 676. The predicted octanol–water partition coefficient (Wildman–Crippen LogP) is 1.25. The molecule has 1 amide bonds. The third kappa shape index (κ3) is 4.34. The van der Waals surface area contributed by atoms with Crippen LogP contribution in [0.2, 0.25) is 0 Å². The van der Waals surface area contributed by atoms with E-state index in [1.165, 1.54) is 4.31 Å². The highest BCUT2D eigenvalue weighted by atomic mass is 32.2. The fourth-order valence-electron chi connectivity index (χ4n) is 2.70. The summed E-state index contributed by atoms with van der Waals surface area (Å²) in [6, 6.07) is 6.85. The van der Waals surface area contributed by atoms with Crippen molar-refractivity contribution >= 4 is 15.9 Å². The summed E-state index contributed by atoms with van der Waals surface area (Å²) in [4.78, 5) is 12.6. The molecule has 6 nitrogen and oxygen atoms in total. The first-order chi connectivity index (χ1) is 11.2. The maximum Gasteiger partial charge on any atom is 0.243 e. The van der Waals surface area contributed by atoms with Crippen molar-refractivity contribution in [3.8, 4) is 0 Å². The SMILES string of the molecule is Cc1ccc(S(=O)(=O)N2CCC(C(=O)NC(C)(C)CN)CC2)cc1. The van der Waals surface area contributed by atoms with Crippen LogP contribution in [0.25, 0.3) is 0 Å². The summed E-state index contributed by atoms with van der Waals surface area (Å²) < 4.78 is 26.8.